The second-order valence-electron chi connectivity index (χ2n) is 6.95. The van der Waals surface area contributed by atoms with Gasteiger partial charge >= 0.3 is 0 Å². The molecule has 4 nitrogen and oxygen atoms in total. The van der Waals surface area contributed by atoms with Crippen LogP contribution in [-0.2, 0) is 6.54 Å². The van der Waals surface area contributed by atoms with E-state index in [0.717, 1.165) is 44.5 Å². The van der Waals surface area contributed by atoms with Crippen molar-refractivity contribution in [3.8, 4) is 0 Å². The smallest absolute Gasteiger partial charge is 0.191 e. The Morgan fingerprint density at radius 2 is 1.92 bits per heavy atom. The molecule has 0 radical (unpaired) electrons. The lowest BCUT2D eigenvalue weighted by Crippen LogP contribution is -2.42. The Hall–Kier alpha value is -0.820. The Morgan fingerprint density at radius 3 is 2.54 bits per heavy atom. The lowest BCUT2D eigenvalue weighted by molar-refractivity contribution is 0.240. The van der Waals surface area contributed by atoms with E-state index in [2.05, 4.69) is 66.0 Å². The molecule has 1 aliphatic rings. The molecule has 2 rings (SSSR count). The zero-order chi connectivity index (χ0) is 16.7. The molecule has 1 aliphatic heterocycles. The summed E-state index contributed by atoms with van der Waals surface area (Å²) in [6.45, 7) is 8.47. The number of halogens is 1. The molecule has 0 spiro atoms. The van der Waals surface area contributed by atoms with Crippen molar-refractivity contribution in [3.05, 3.63) is 35.9 Å². The lowest BCUT2D eigenvalue weighted by Gasteiger charge is -2.31. The van der Waals surface area contributed by atoms with Gasteiger partial charge < -0.3 is 10.6 Å². The average Bonchev–Trinajstić information content (AvgIpc) is 2.56. The molecule has 24 heavy (non-hydrogen) atoms. The van der Waals surface area contributed by atoms with Crippen molar-refractivity contribution < 1.29 is 0 Å². The number of nitrogens with zero attached hydrogens (tertiary/aromatic N) is 3. The number of guanidine groups is 1. The molecule has 1 heterocycles. The van der Waals surface area contributed by atoms with Crippen molar-refractivity contribution in [2.24, 2.45) is 16.6 Å². The predicted octanol–water partition coefficient (Wildman–Crippen LogP) is 3.56. The minimum absolute atomic E-state index is 0. The number of hydrogen-bond donors (Lipinski definition) is 1. The number of benzene rings is 1. The highest BCUT2D eigenvalue weighted by Gasteiger charge is 2.17. The fourth-order valence-electron chi connectivity index (χ4n) is 2.95. The van der Waals surface area contributed by atoms with Crippen LogP contribution in [0.4, 0.5) is 0 Å². The average molecular weight is 444 g/mol. The Balaban J connectivity index is 0.00000288. The normalized spacial score (nSPS) is 17.7. The Kier molecular flexibility index (Phi) is 9.66. The number of piperidine rings is 1. The first-order valence-electron chi connectivity index (χ1n) is 8.85. The predicted molar refractivity (Wildman–Crippen MR) is 114 cm³/mol. The van der Waals surface area contributed by atoms with E-state index in [9.17, 15) is 0 Å². The van der Waals surface area contributed by atoms with Gasteiger partial charge in [-0.1, -0.05) is 37.3 Å². The number of rotatable bonds is 6. The molecule has 0 amide bonds. The molecule has 0 bridgehead atoms. The summed E-state index contributed by atoms with van der Waals surface area (Å²) in [7, 11) is 2.18. The van der Waals surface area contributed by atoms with E-state index in [1.54, 1.807) is 0 Å². The highest BCUT2D eigenvalue weighted by molar-refractivity contribution is 14.0. The minimum atomic E-state index is 0. The molecule has 0 saturated carbocycles. The van der Waals surface area contributed by atoms with Gasteiger partial charge in [-0.25, -0.2) is 0 Å². The van der Waals surface area contributed by atoms with Crippen LogP contribution >= 0.6 is 24.0 Å². The first kappa shape index (κ1) is 21.2. The summed E-state index contributed by atoms with van der Waals surface area (Å²) in [4.78, 5) is 9.21. The second-order valence-corrected chi connectivity index (χ2v) is 6.95. The van der Waals surface area contributed by atoms with Gasteiger partial charge in [0.25, 0.3) is 0 Å². The van der Waals surface area contributed by atoms with E-state index < -0.39 is 0 Å². The van der Waals surface area contributed by atoms with Crippen molar-refractivity contribution in [1.82, 2.24) is 9.80 Å². The maximum absolute atomic E-state index is 6.14. The number of nitrogens with two attached hydrogens (primary N) is 1. The lowest BCUT2D eigenvalue weighted by atomic mass is 10.00. The van der Waals surface area contributed by atoms with Gasteiger partial charge in [0.15, 0.2) is 5.96 Å². The first-order chi connectivity index (χ1) is 11.1. The summed E-state index contributed by atoms with van der Waals surface area (Å²) in [5.74, 6) is 1.56. The summed E-state index contributed by atoms with van der Waals surface area (Å²) >= 11 is 0. The van der Waals surface area contributed by atoms with Crippen LogP contribution in [0.15, 0.2) is 35.3 Å². The summed E-state index contributed by atoms with van der Waals surface area (Å²) < 4.78 is 0. The minimum Gasteiger partial charge on any atom is -0.370 e. The third kappa shape index (κ3) is 6.97. The van der Waals surface area contributed by atoms with Gasteiger partial charge in [-0.05, 0) is 44.7 Å². The van der Waals surface area contributed by atoms with E-state index >= 15 is 0 Å². The Labute approximate surface area is 164 Å². The van der Waals surface area contributed by atoms with Crippen LogP contribution in [-0.4, -0.2) is 48.5 Å². The van der Waals surface area contributed by atoms with E-state index in [-0.39, 0.29) is 24.0 Å². The molecular weight excluding hydrogens is 411 g/mol. The second kappa shape index (κ2) is 10.9. The van der Waals surface area contributed by atoms with Crippen molar-refractivity contribution >= 4 is 29.9 Å². The SMILES string of the molecule is CC1CCN(C(N)=NCCC(C)N(C)Cc2ccccc2)CC1.I. The van der Waals surface area contributed by atoms with Gasteiger partial charge in [-0.3, -0.25) is 9.89 Å². The van der Waals surface area contributed by atoms with E-state index in [0.29, 0.717) is 6.04 Å². The standard InChI is InChI=1S/C19H32N4.HI/c1-16-10-13-23(14-11-16)19(20)21-12-9-17(2)22(3)15-18-7-5-4-6-8-18;/h4-8,16-17H,9-15H2,1-3H3,(H2,20,21);1H. The summed E-state index contributed by atoms with van der Waals surface area (Å²) in [6.07, 6.45) is 3.49. The first-order valence-corrected chi connectivity index (χ1v) is 8.85. The number of likely N-dealkylation sites (tertiary alicyclic amines) is 1. The van der Waals surface area contributed by atoms with Crippen LogP contribution in [0.5, 0.6) is 0 Å². The molecule has 5 heteroatoms. The van der Waals surface area contributed by atoms with Gasteiger partial charge in [-0.2, -0.15) is 0 Å². The van der Waals surface area contributed by atoms with Crippen LogP contribution < -0.4 is 5.73 Å². The van der Waals surface area contributed by atoms with Crippen LogP contribution in [0.2, 0.25) is 0 Å². The fourth-order valence-corrected chi connectivity index (χ4v) is 2.95. The number of hydrogen-bond acceptors (Lipinski definition) is 2. The van der Waals surface area contributed by atoms with Gasteiger partial charge in [0, 0.05) is 32.2 Å². The van der Waals surface area contributed by atoms with Crippen molar-refractivity contribution in [3.63, 3.8) is 0 Å². The fraction of sp³-hybridized carbons (Fsp3) is 0.632. The van der Waals surface area contributed by atoms with Crippen LogP contribution in [0, 0.1) is 5.92 Å². The molecule has 136 valence electrons. The summed E-state index contributed by atoms with van der Waals surface area (Å²) in [6, 6.07) is 11.1. The molecule has 1 saturated heterocycles. The van der Waals surface area contributed by atoms with Gasteiger partial charge in [0.2, 0.25) is 0 Å². The zero-order valence-electron chi connectivity index (χ0n) is 15.3. The molecule has 2 N–H and O–H groups in total. The molecule has 0 aromatic heterocycles. The van der Waals surface area contributed by atoms with Crippen LogP contribution in [0.25, 0.3) is 0 Å². The molecule has 0 aliphatic carbocycles. The molecule has 1 aromatic carbocycles. The van der Waals surface area contributed by atoms with E-state index in [1.165, 1.54) is 18.4 Å². The van der Waals surface area contributed by atoms with Crippen molar-refractivity contribution in [2.75, 3.05) is 26.7 Å². The molecule has 1 atom stereocenters. The molecule has 1 fully saturated rings. The molecule has 1 unspecified atom stereocenters. The van der Waals surface area contributed by atoms with Gasteiger partial charge in [0.1, 0.15) is 0 Å². The topological polar surface area (TPSA) is 44.9 Å². The highest BCUT2D eigenvalue weighted by atomic mass is 127. The largest absolute Gasteiger partial charge is 0.370 e. The number of aliphatic imine (C=N–C) groups is 1. The third-order valence-corrected chi connectivity index (χ3v) is 4.96. The van der Waals surface area contributed by atoms with Crippen LogP contribution in [0.1, 0.15) is 38.7 Å². The molecular formula is C19H33IN4. The molecule has 1 aromatic rings. The monoisotopic (exact) mass is 444 g/mol. The van der Waals surface area contributed by atoms with Crippen molar-refractivity contribution in [2.45, 2.75) is 45.7 Å². The van der Waals surface area contributed by atoms with E-state index in [1.807, 2.05) is 0 Å². The zero-order valence-corrected chi connectivity index (χ0v) is 17.6. The summed E-state index contributed by atoms with van der Waals surface area (Å²) in [5, 5.41) is 0. The van der Waals surface area contributed by atoms with E-state index in [4.69, 9.17) is 5.73 Å². The van der Waals surface area contributed by atoms with Gasteiger partial charge in [-0.15, -0.1) is 24.0 Å². The maximum atomic E-state index is 6.14. The highest BCUT2D eigenvalue weighted by Crippen LogP contribution is 2.15. The maximum Gasteiger partial charge on any atom is 0.191 e. The quantitative estimate of drug-likeness (QED) is 0.415. The van der Waals surface area contributed by atoms with Crippen LogP contribution in [0.3, 0.4) is 0 Å². The Bertz CT molecular complexity index is 483. The summed E-state index contributed by atoms with van der Waals surface area (Å²) in [5.41, 5.74) is 7.50. The van der Waals surface area contributed by atoms with Gasteiger partial charge in [0.05, 0.1) is 0 Å². The van der Waals surface area contributed by atoms with Crippen molar-refractivity contribution in [1.29, 1.82) is 0 Å². The Morgan fingerprint density at radius 1 is 1.29 bits per heavy atom. The third-order valence-electron chi connectivity index (χ3n) is 4.96.